The lowest BCUT2D eigenvalue weighted by Gasteiger charge is -2.07. The highest BCUT2D eigenvalue weighted by molar-refractivity contribution is 5.47. The molecule has 0 unspecified atom stereocenters. The molecule has 1 aromatic heterocycles. The monoisotopic (exact) mass is 270 g/mol. The van der Waals surface area contributed by atoms with Crippen molar-refractivity contribution in [2.45, 2.75) is 26.4 Å². The molecule has 0 atom stereocenters. The summed E-state index contributed by atoms with van der Waals surface area (Å²) < 4.78 is 7.04. The molecular formula is C15H18N4O. The third kappa shape index (κ3) is 3.29. The molecule has 0 amide bonds. The van der Waals surface area contributed by atoms with Gasteiger partial charge in [-0.3, -0.25) is 4.68 Å². The Morgan fingerprint density at radius 3 is 3.00 bits per heavy atom. The Morgan fingerprint density at radius 1 is 1.45 bits per heavy atom. The van der Waals surface area contributed by atoms with Crippen LogP contribution in [0.3, 0.4) is 0 Å². The summed E-state index contributed by atoms with van der Waals surface area (Å²) in [5.74, 6) is 0.604. The first-order chi connectivity index (χ1) is 9.76. The van der Waals surface area contributed by atoms with E-state index in [2.05, 4.69) is 23.4 Å². The molecule has 5 heteroatoms. The second-order valence-electron chi connectivity index (χ2n) is 4.49. The summed E-state index contributed by atoms with van der Waals surface area (Å²) in [6.45, 7) is 3.69. The molecule has 0 bridgehead atoms. The maximum atomic E-state index is 9.06. The van der Waals surface area contributed by atoms with Crippen LogP contribution in [0, 0.1) is 11.3 Å². The molecule has 0 fully saturated rings. The van der Waals surface area contributed by atoms with Gasteiger partial charge in [0.25, 0.3) is 0 Å². The van der Waals surface area contributed by atoms with Gasteiger partial charge in [-0.1, -0.05) is 13.0 Å². The van der Waals surface area contributed by atoms with Crippen LogP contribution in [0.4, 0.5) is 5.69 Å². The lowest BCUT2D eigenvalue weighted by Crippen LogP contribution is -2.00. The number of anilines is 1. The number of nitriles is 1. The van der Waals surface area contributed by atoms with Gasteiger partial charge in [-0.05, 0) is 24.1 Å². The number of aromatic nitrogens is 2. The Balaban J connectivity index is 2.01. The number of aryl methyl sites for hydroxylation is 1. The molecule has 0 saturated heterocycles. The Bertz CT molecular complexity index is 613. The number of nitrogens with zero attached hydrogens (tertiary/aromatic N) is 3. The fraction of sp³-hybridized carbons (Fsp3) is 0.333. The second kappa shape index (κ2) is 6.62. The van der Waals surface area contributed by atoms with E-state index in [9.17, 15) is 0 Å². The molecule has 0 aliphatic heterocycles. The molecule has 2 aromatic rings. The van der Waals surface area contributed by atoms with Crippen molar-refractivity contribution < 1.29 is 4.74 Å². The van der Waals surface area contributed by atoms with Crippen molar-refractivity contribution in [3.63, 3.8) is 0 Å². The van der Waals surface area contributed by atoms with Crippen LogP contribution in [-0.4, -0.2) is 16.9 Å². The van der Waals surface area contributed by atoms with Crippen molar-refractivity contribution >= 4 is 5.69 Å². The van der Waals surface area contributed by atoms with Crippen LogP contribution in [0.2, 0.25) is 0 Å². The molecule has 2 rings (SSSR count). The first-order valence-electron chi connectivity index (χ1n) is 6.60. The zero-order valence-corrected chi connectivity index (χ0v) is 11.8. The van der Waals surface area contributed by atoms with Gasteiger partial charge in [0.05, 0.1) is 24.6 Å². The second-order valence-corrected chi connectivity index (χ2v) is 4.49. The molecule has 104 valence electrons. The van der Waals surface area contributed by atoms with E-state index >= 15 is 0 Å². The maximum absolute atomic E-state index is 9.06. The molecular weight excluding hydrogens is 252 g/mol. The highest BCUT2D eigenvalue weighted by atomic mass is 16.5. The lowest BCUT2D eigenvalue weighted by molar-refractivity contribution is 0.413. The van der Waals surface area contributed by atoms with Gasteiger partial charge in [-0.2, -0.15) is 10.4 Å². The van der Waals surface area contributed by atoms with E-state index in [0.717, 1.165) is 24.2 Å². The molecule has 5 nitrogen and oxygen atoms in total. The van der Waals surface area contributed by atoms with Gasteiger partial charge in [-0.25, -0.2) is 0 Å². The Hall–Kier alpha value is -2.48. The van der Waals surface area contributed by atoms with Crippen LogP contribution in [0.5, 0.6) is 5.75 Å². The van der Waals surface area contributed by atoms with E-state index in [1.807, 2.05) is 35.3 Å². The molecule has 1 aromatic carbocycles. The van der Waals surface area contributed by atoms with Crippen LogP contribution in [0.25, 0.3) is 0 Å². The quantitative estimate of drug-likeness (QED) is 0.876. The fourth-order valence-corrected chi connectivity index (χ4v) is 1.96. The third-order valence-electron chi connectivity index (χ3n) is 2.97. The van der Waals surface area contributed by atoms with E-state index in [-0.39, 0.29) is 0 Å². The molecule has 0 spiro atoms. The minimum absolute atomic E-state index is 0.550. The minimum Gasteiger partial charge on any atom is -0.495 e. The van der Waals surface area contributed by atoms with Crippen molar-refractivity contribution in [3.05, 3.63) is 41.7 Å². The smallest absolute Gasteiger partial charge is 0.136 e. The first kappa shape index (κ1) is 13.9. The Kier molecular flexibility index (Phi) is 4.61. The predicted octanol–water partition coefficient (Wildman–Crippen LogP) is 2.79. The number of rotatable bonds is 6. The van der Waals surface area contributed by atoms with Gasteiger partial charge in [0.1, 0.15) is 11.8 Å². The summed E-state index contributed by atoms with van der Waals surface area (Å²) in [6, 6.07) is 7.74. The summed E-state index contributed by atoms with van der Waals surface area (Å²) in [5, 5.41) is 16.6. The van der Waals surface area contributed by atoms with E-state index in [4.69, 9.17) is 10.00 Å². The summed E-state index contributed by atoms with van der Waals surface area (Å²) in [6.07, 6.45) is 4.85. The topological polar surface area (TPSA) is 62.9 Å². The highest BCUT2D eigenvalue weighted by Crippen LogP contribution is 2.19. The molecule has 1 heterocycles. The average molecular weight is 270 g/mol. The zero-order valence-electron chi connectivity index (χ0n) is 11.8. The zero-order chi connectivity index (χ0) is 14.4. The van der Waals surface area contributed by atoms with Crippen molar-refractivity contribution in [1.29, 1.82) is 5.26 Å². The Labute approximate surface area is 118 Å². The van der Waals surface area contributed by atoms with Crippen LogP contribution in [0.15, 0.2) is 30.6 Å². The highest BCUT2D eigenvalue weighted by Gasteiger charge is 2.04. The molecule has 1 N–H and O–H groups in total. The van der Waals surface area contributed by atoms with E-state index in [1.54, 1.807) is 7.11 Å². The largest absolute Gasteiger partial charge is 0.495 e. The van der Waals surface area contributed by atoms with Gasteiger partial charge in [0, 0.05) is 19.3 Å². The number of nitrogens with one attached hydrogen (secondary N) is 1. The molecule has 0 radical (unpaired) electrons. The summed E-state index contributed by atoms with van der Waals surface area (Å²) >= 11 is 0. The SMILES string of the molecule is CCCn1cc(NCc2ccc(OC)c(C#N)c2)cn1. The number of methoxy groups -OCH3 is 1. The normalized spacial score (nSPS) is 10.1. The standard InChI is InChI=1S/C15H18N4O/c1-3-6-19-11-14(10-18-19)17-9-12-4-5-15(20-2)13(7-12)8-16/h4-5,7,10-11,17H,3,6,9H2,1-2H3. The first-order valence-corrected chi connectivity index (χ1v) is 6.60. The average Bonchev–Trinajstić information content (AvgIpc) is 2.93. The molecule has 0 aliphatic carbocycles. The van der Waals surface area contributed by atoms with Gasteiger partial charge in [0.15, 0.2) is 0 Å². The third-order valence-corrected chi connectivity index (χ3v) is 2.97. The molecule has 20 heavy (non-hydrogen) atoms. The van der Waals surface area contributed by atoms with Gasteiger partial charge < -0.3 is 10.1 Å². The summed E-state index contributed by atoms with van der Waals surface area (Å²) in [5.41, 5.74) is 2.56. The maximum Gasteiger partial charge on any atom is 0.136 e. The van der Waals surface area contributed by atoms with Gasteiger partial charge >= 0.3 is 0 Å². The summed E-state index contributed by atoms with van der Waals surface area (Å²) in [4.78, 5) is 0. The summed E-state index contributed by atoms with van der Waals surface area (Å²) in [7, 11) is 1.57. The number of hydrogen-bond acceptors (Lipinski definition) is 4. The van der Waals surface area contributed by atoms with Crippen molar-refractivity contribution in [1.82, 2.24) is 9.78 Å². The fourth-order valence-electron chi connectivity index (χ4n) is 1.96. The van der Waals surface area contributed by atoms with Gasteiger partial charge in [0.2, 0.25) is 0 Å². The van der Waals surface area contributed by atoms with Crippen LogP contribution in [0.1, 0.15) is 24.5 Å². The molecule has 0 aliphatic rings. The molecule has 0 saturated carbocycles. The minimum atomic E-state index is 0.550. The van der Waals surface area contributed by atoms with Gasteiger partial charge in [-0.15, -0.1) is 0 Å². The van der Waals surface area contributed by atoms with Crippen molar-refractivity contribution in [2.24, 2.45) is 0 Å². The predicted molar refractivity (Wildman–Crippen MR) is 77.6 cm³/mol. The number of hydrogen-bond donors (Lipinski definition) is 1. The van der Waals surface area contributed by atoms with Crippen molar-refractivity contribution in [2.75, 3.05) is 12.4 Å². The Morgan fingerprint density at radius 2 is 2.30 bits per heavy atom. The number of benzene rings is 1. The van der Waals surface area contributed by atoms with Crippen LogP contribution in [-0.2, 0) is 13.1 Å². The van der Waals surface area contributed by atoms with Crippen LogP contribution >= 0.6 is 0 Å². The number of ether oxygens (including phenoxy) is 1. The van der Waals surface area contributed by atoms with E-state index in [1.165, 1.54) is 0 Å². The van der Waals surface area contributed by atoms with E-state index in [0.29, 0.717) is 17.9 Å². The lowest BCUT2D eigenvalue weighted by atomic mass is 10.1. The van der Waals surface area contributed by atoms with Crippen LogP contribution < -0.4 is 10.1 Å². The van der Waals surface area contributed by atoms with Crippen molar-refractivity contribution in [3.8, 4) is 11.8 Å². The van der Waals surface area contributed by atoms with E-state index < -0.39 is 0 Å².